The molecule has 0 aliphatic rings. The smallest absolute Gasteiger partial charge is 0.171 e. The highest BCUT2D eigenvalue weighted by Gasteiger charge is 2.14. The van der Waals surface area contributed by atoms with Crippen molar-refractivity contribution in [2.24, 2.45) is 7.05 Å². The molecule has 0 fully saturated rings. The van der Waals surface area contributed by atoms with Gasteiger partial charge in [-0.1, -0.05) is 6.92 Å². The van der Waals surface area contributed by atoms with Crippen molar-refractivity contribution in [2.75, 3.05) is 0 Å². The first-order valence-electron chi connectivity index (χ1n) is 6.00. The Bertz CT molecular complexity index is 789. The third-order valence-corrected chi connectivity index (χ3v) is 3.02. The summed E-state index contributed by atoms with van der Waals surface area (Å²) in [7, 11) is 1.89. The molecule has 0 saturated carbocycles. The monoisotopic (exact) mass is 252 g/mol. The lowest BCUT2D eigenvalue weighted by Crippen LogP contribution is -1.92. The Morgan fingerprint density at radius 3 is 2.95 bits per heavy atom. The van der Waals surface area contributed by atoms with Gasteiger partial charge in [-0.25, -0.2) is 0 Å². The standard InChI is InChI=1S/C13H12N6/c1-3-11-10(8-18(2)17-11)13-16-15-12-6-9(7-14)4-5-19(12)13/h4-6,8H,3H2,1-2H3. The van der Waals surface area contributed by atoms with E-state index in [0.717, 1.165) is 23.5 Å². The molecule has 0 aliphatic heterocycles. The maximum atomic E-state index is 8.89. The lowest BCUT2D eigenvalue weighted by molar-refractivity contribution is 0.746. The van der Waals surface area contributed by atoms with Gasteiger partial charge in [0, 0.05) is 25.5 Å². The number of hydrogen-bond acceptors (Lipinski definition) is 4. The van der Waals surface area contributed by atoms with Gasteiger partial charge in [-0.2, -0.15) is 10.4 Å². The molecule has 0 amide bonds. The van der Waals surface area contributed by atoms with Crippen LogP contribution >= 0.6 is 0 Å². The van der Waals surface area contributed by atoms with Crippen LogP contribution in [0, 0.1) is 11.3 Å². The Kier molecular flexibility index (Phi) is 2.53. The summed E-state index contributed by atoms with van der Waals surface area (Å²) in [5.41, 5.74) is 3.21. The number of aryl methyl sites for hydroxylation is 2. The van der Waals surface area contributed by atoms with Crippen LogP contribution in [0.1, 0.15) is 18.2 Å². The van der Waals surface area contributed by atoms with E-state index >= 15 is 0 Å². The van der Waals surface area contributed by atoms with Crippen LogP contribution in [0.25, 0.3) is 17.0 Å². The second-order valence-corrected chi connectivity index (χ2v) is 4.30. The van der Waals surface area contributed by atoms with Gasteiger partial charge in [0.1, 0.15) is 0 Å². The molecule has 6 nitrogen and oxygen atoms in total. The minimum atomic E-state index is 0.577. The Labute approximate surface area is 109 Å². The van der Waals surface area contributed by atoms with E-state index in [1.54, 1.807) is 16.8 Å². The molecule has 0 unspecified atom stereocenters. The van der Waals surface area contributed by atoms with Crippen molar-refractivity contribution in [3.8, 4) is 17.5 Å². The van der Waals surface area contributed by atoms with Crippen molar-refractivity contribution < 1.29 is 0 Å². The molecule has 0 saturated heterocycles. The fourth-order valence-corrected chi connectivity index (χ4v) is 2.13. The molecule has 94 valence electrons. The molecular weight excluding hydrogens is 240 g/mol. The van der Waals surface area contributed by atoms with Crippen molar-refractivity contribution >= 4 is 5.65 Å². The molecule has 3 heterocycles. The van der Waals surface area contributed by atoms with Gasteiger partial charge in [0.15, 0.2) is 11.5 Å². The van der Waals surface area contributed by atoms with Crippen molar-refractivity contribution in [1.29, 1.82) is 5.26 Å². The molecular formula is C13H12N6. The summed E-state index contributed by atoms with van der Waals surface area (Å²) in [5.74, 6) is 0.754. The highest BCUT2D eigenvalue weighted by molar-refractivity contribution is 5.62. The molecule has 3 rings (SSSR count). The molecule has 0 aliphatic carbocycles. The fraction of sp³-hybridized carbons (Fsp3) is 0.231. The maximum absolute atomic E-state index is 8.89. The number of pyridine rings is 1. The second kappa shape index (κ2) is 4.21. The molecule has 0 radical (unpaired) electrons. The molecule has 0 aromatic carbocycles. The lowest BCUT2D eigenvalue weighted by atomic mass is 10.2. The molecule has 19 heavy (non-hydrogen) atoms. The first kappa shape index (κ1) is 11.4. The second-order valence-electron chi connectivity index (χ2n) is 4.30. The highest BCUT2D eigenvalue weighted by Crippen LogP contribution is 2.22. The third-order valence-electron chi connectivity index (χ3n) is 3.02. The van der Waals surface area contributed by atoms with Crippen LogP contribution in [0.15, 0.2) is 24.5 Å². The normalized spacial score (nSPS) is 10.8. The van der Waals surface area contributed by atoms with Crippen LogP contribution in [0.5, 0.6) is 0 Å². The van der Waals surface area contributed by atoms with Gasteiger partial charge in [-0.05, 0) is 12.5 Å². The summed E-state index contributed by atoms with van der Waals surface area (Å²) in [6.45, 7) is 2.06. The van der Waals surface area contributed by atoms with E-state index in [-0.39, 0.29) is 0 Å². The van der Waals surface area contributed by atoms with Crippen molar-refractivity contribution in [1.82, 2.24) is 24.4 Å². The predicted molar refractivity (Wildman–Crippen MR) is 69.3 cm³/mol. The van der Waals surface area contributed by atoms with Crippen LogP contribution in [-0.2, 0) is 13.5 Å². The van der Waals surface area contributed by atoms with Crippen LogP contribution < -0.4 is 0 Å². The van der Waals surface area contributed by atoms with Crippen molar-refractivity contribution in [3.05, 3.63) is 35.8 Å². The average molecular weight is 252 g/mol. The molecule has 0 N–H and O–H groups in total. The van der Waals surface area contributed by atoms with E-state index in [2.05, 4.69) is 28.3 Å². The van der Waals surface area contributed by atoms with Crippen LogP contribution in [0.3, 0.4) is 0 Å². The van der Waals surface area contributed by atoms with E-state index in [1.807, 2.05) is 23.8 Å². The van der Waals surface area contributed by atoms with Crippen molar-refractivity contribution in [2.45, 2.75) is 13.3 Å². The van der Waals surface area contributed by atoms with Gasteiger partial charge < -0.3 is 0 Å². The summed E-state index contributed by atoms with van der Waals surface area (Å²) in [5, 5.41) is 21.6. The van der Waals surface area contributed by atoms with Crippen LogP contribution in [0.4, 0.5) is 0 Å². The van der Waals surface area contributed by atoms with Gasteiger partial charge in [0.25, 0.3) is 0 Å². The summed E-state index contributed by atoms with van der Waals surface area (Å²) < 4.78 is 3.65. The Morgan fingerprint density at radius 2 is 2.21 bits per heavy atom. The minimum absolute atomic E-state index is 0.577. The number of fused-ring (bicyclic) bond motifs is 1. The topological polar surface area (TPSA) is 71.8 Å². The summed E-state index contributed by atoms with van der Waals surface area (Å²) in [4.78, 5) is 0. The highest BCUT2D eigenvalue weighted by atomic mass is 15.3. The van der Waals surface area contributed by atoms with Crippen LogP contribution in [0.2, 0.25) is 0 Å². The van der Waals surface area contributed by atoms with Crippen molar-refractivity contribution in [3.63, 3.8) is 0 Å². The van der Waals surface area contributed by atoms with E-state index < -0.39 is 0 Å². The van der Waals surface area contributed by atoms with E-state index in [0.29, 0.717) is 11.2 Å². The van der Waals surface area contributed by atoms with Gasteiger partial charge in [0.2, 0.25) is 0 Å². The molecule has 3 aromatic heterocycles. The first-order chi connectivity index (χ1) is 9.22. The summed E-state index contributed by atoms with van der Waals surface area (Å²) in [6.07, 6.45) is 4.59. The Morgan fingerprint density at radius 1 is 1.37 bits per heavy atom. The number of nitriles is 1. The zero-order valence-electron chi connectivity index (χ0n) is 10.7. The van der Waals surface area contributed by atoms with E-state index in [1.165, 1.54) is 0 Å². The first-order valence-corrected chi connectivity index (χ1v) is 6.00. The maximum Gasteiger partial charge on any atom is 0.171 e. The quantitative estimate of drug-likeness (QED) is 0.694. The Hall–Kier alpha value is -2.68. The van der Waals surface area contributed by atoms with Gasteiger partial charge in [0.05, 0.1) is 22.9 Å². The van der Waals surface area contributed by atoms with Crippen LogP contribution in [-0.4, -0.2) is 24.4 Å². The molecule has 3 aromatic rings. The zero-order valence-corrected chi connectivity index (χ0v) is 10.7. The number of hydrogen-bond donors (Lipinski definition) is 0. The predicted octanol–water partition coefficient (Wildman–Crippen LogP) is 1.56. The Balaban J connectivity index is 2.23. The van der Waals surface area contributed by atoms with E-state index in [9.17, 15) is 0 Å². The van der Waals surface area contributed by atoms with Gasteiger partial charge in [-0.15, -0.1) is 10.2 Å². The molecule has 0 atom stereocenters. The zero-order chi connectivity index (χ0) is 13.4. The SMILES string of the molecule is CCc1nn(C)cc1-c1nnc2cc(C#N)ccn12. The fourth-order valence-electron chi connectivity index (χ4n) is 2.13. The number of nitrogens with zero attached hydrogens (tertiary/aromatic N) is 6. The number of aromatic nitrogens is 5. The molecule has 0 spiro atoms. The largest absolute Gasteiger partial charge is 0.282 e. The lowest BCUT2D eigenvalue weighted by Gasteiger charge is -1.99. The number of rotatable bonds is 2. The summed E-state index contributed by atoms with van der Waals surface area (Å²) >= 11 is 0. The summed E-state index contributed by atoms with van der Waals surface area (Å²) in [6, 6.07) is 5.57. The van der Waals surface area contributed by atoms with Gasteiger partial charge in [-0.3, -0.25) is 9.08 Å². The van der Waals surface area contributed by atoms with Gasteiger partial charge >= 0.3 is 0 Å². The molecule has 0 bridgehead atoms. The average Bonchev–Trinajstić information content (AvgIpc) is 3.00. The third kappa shape index (κ3) is 1.76. The minimum Gasteiger partial charge on any atom is -0.282 e. The molecule has 6 heteroatoms. The van der Waals surface area contributed by atoms with E-state index in [4.69, 9.17) is 5.26 Å².